The van der Waals surface area contributed by atoms with Crippen molar-refractivity contribution in [3.8, 4) is 11.5 Å². The monoisotopic (exact) mass is 360 g/mol. The molecule has 0 bridgehead atoms. The fourth-order valence-electron chi connectivity index (χ4n) is 2.64. The number of carbonyl (C=O) groups is 2. The molecule has 0 radical (unpaired) electrons. The summed E-state index contributed by atoms with van der Waals surface area (Å²) in [6, 6.07) is 23.9. The van der Waals surface area contributed by atoms with Crippen molar-refractivity contribution < 1.29 is 19.1 Å². The molecule has 0 aliphatic heterocycles. The summed E-state index contributed by atoms with van der Waals surface area (Å²) in [5, 5.41) is 0. The van der Waals surface area contributed by atoms with E-state index >= 15 is 0 Å². The lowest BCUT2D eigenvalue weighted by molar-refractivity contribution is -0.140. The number of hydrogen-bond donors (Lipinski definition) is 0. The van der Waals surface area contributed by atoms with Crippen molar-refractivity contribution in [3.63, 3.8) is 0 Å². The fraction of sp³-hybridized carbons (Fsp3) is 0.130. The molecule has 0 aliphatic rings. The average Bonchev–Trinajstić information content (AvgIpc) is 2.73. The predicted molar refractivity (Wildman–Crippen MR) is 103 cm³/mol. The molecule has 0 amide bonds. The molecular formula is C23H20O4. The van der Waals surface area contributed by atoms with Crippen LogP contribution >= 0.6 is 0 Å². The Hall–Kier alpha value is -3.40. The summed E-state index contributed by atoms with van der Waals surface area (Å²) in [6.45, 7) is 0. The Balaban J connectivity index is 1.64. The van der Waals surface area contributed by atoms with Gasteiger partial charge in [0, 0.05) is 17.5 Å². The first kappa shape index (κ1) is 18.4. The second kappa shape index (κ2) is 8.81. The zero-order valence-electron chi connectivity index (χ0n) is 15.1. The van der Waals surface area contributed by atoms with E-state index in [1.165, 1.54) is 7.11 Å². The predicted octanol–water partition coefficient (Wildman–Crippen LogP) is 4.82. The van der Waals surface area contributed by atoms with Crippen LogP contribution in [-0.4, -0.2) is 18.9 Å². The van der Waals surface area contributed by atoms with Crippen LogP contribution in [0.4, 0.5) is 0 Å². The highest BCUT2D eigenvalue weighted by atomic mass is 16.5. The standard InChI is InChI=1S/C23H20O4/c1-26-22(24)16-9-17-7-10-18(11-8-17)23(25)19-12-14-21(15-13-19)27-20-5-3-2-4-6-20/h2-8,10-15H,9,16H2,1H3. The molecule has 0 aliphatic carbocycles. The van der Waals surface area contributed by atoms with Gasteiger partial charge in [-0.15, -0.1) is 0 Å². The molecule has 0 heterocycles. The van der Waals surface area contributed by atoms with Gasteiger partial charge in [-0.3, -0.25) is 9.59 Å². The van der Waals surface area contributed by atoms with Crippen molar-refractivity contribution in [3.05, 3.63) is 95.6 Å². The first-order valence-electron chi connectivity index (χ1n) is 8.69. The zero-order valence-corrected chi connectivity index (χ0v) is 15.1. The number of rotatable bonds is 7. The van der Waals surface area contributed by atoms with Gasteiger partial charge in [-0.05, 0) is 48.4 Å². The largest absolute Gasteiger partial charge is 0.469 e. The van der Waals surface area contributed by atoms with Gasteiger partial charge >= 0.3 is 5.97 Å². The molecule has 0 spiro atoms. The Kier molecular flexibility index (Phi) is 6.00. The van der Waals surface area contributed by atoms with Crippen molar-refractivity contribution in [1.29, 1.82) is 0 Å². The van der Waals surface area contributed by atoms with Crippen LogP contribution in [0, 0.1) is 0 Å². The van der Waals surface area contributed by atoms with Crippen LogP contribution < -0.4 is 4.74 Å². The zero-order chi connectivity index (χ0) is 19.1. The summed E-state index contributed by atoms with van der Waals surface area (Å²) >= 11 is 0. The molecule has 0 fully saturated rings. The van der Waals surface area contributed by atoms with Crippen molar-refractivity contribution in [1.82, 2.24) is 0 Å². The number of ether oxygens (including phenoxy) is 2. The van der Waals surface area contributed by atoms with Crippen LogP contribution in [-0.2, 0) is 16.0 Å². The van der Waals surface area contributed by atoms with Crippen LogP contribution in [0.15, 0.2) is 78.9 Å². The lowest BCUT2D eigenvalue weighted by Crippen LogP contribution is -2.03. The van der Waals surface area contributed by atoms with E-state index in [4.69, 9.17) is 4.74 Å². The number of carbonyl (C=O) groups excluding carboxylic acids is 2. The highest BCUT2D eigenvalue weighted by Gasteiger charge is 2.10. The van der Waals surface area contributed by atoms with Crippen LogP contribution in [0.3, 0.4) is 0 Å². The minimum Gasteiger partial charge on any atom is -0.469 e. The SMILES string of the molecule is COC(=O)CCc1ccc(C(=O)c2ccc(Oc3ccccc3)cc2)cc1. The van der Waals surface area contributed by atoms with E-state index in [1.807, 2.05) is 42.5 Å². The van der Waals surface area contributed by atoms with Gasteiger partial charge in [0.15, 0.2) is 5.78 Å². The van der Waals surface area contributed by atoms with Crippen LogP contribution in [0.1, 0.15) is 27.9 Å². The number of esters is 1. The molecule has 0 aromatic heterocycles. The van der Waals surface area contributed by atoms with Crippen molar-refractivity contribution in [2.24, 2.45) is 0 Å². The first-order valence-corrected chi connectivity index (χ1v) is 8.69. The van der Waals surface area contributed by atoms with Crippen LogP contribution in [0.25, 0.3) is 0 Å². The lowest BCUT2D eigenvalue weighted by Gasteiger charge is -2.07. The number of para-hydroxylation sites is 1. The topological polar surface area (TPSA) is 52.6 Å². The summed E-state index contributed by atoms with van der Waals surface area (Å²) in [4.78, 5) is 23.8. The third-order valence-electron chi connectivity index (χ3n) is 4.16. The molecule has 3 rings (SSSR count). The Bertz CT molecular complexity index is 897. The lowest BCUT2D eigenvalue weighted by atomic mass is 10.0. The first-order chi connectivity index (χ1) is 13.2. The van der Waals surface area contributed by atoms with Gasteiger partial charge in [-0.2, -0.15) is 0 Å². The van der Waals surface area contributed by atoms with Gasteiger partial charge in [0.25, 0.3) is 0 Å². The Labute approximate surface area is 158 Å². The molecule has 4 nitrogen and oxygen atoms in total. The van der Waals surface area contributed by atoms with Crippen molar-refractivity contribution >= 4 is 11.8 Å². The molecule has 136 valence electrons. The van der Waals surface area contributed by atoms with Gasteiger partial charge in [0.1, 0.15) is 11.5 Å². The second-order valence-electron chi connectivity index (χ2n) is 6.04. The summed E-state index contributed by atoms with van der Waals surface area (Å²) in [5.41, 5.74) is 2.19. The Morgan fingerprint density at radius 3 is 1.89 bits per heavy atom. The number of ketones is 1. The Morgan fingerprint density at radius 2 is 1.30 bits per heavy atom. The minimum atomic E-state index is -0.243. The third-order valence-corrected chi connectivity index (χ3v) is 4.16. The van der Waals surface area contributed by atoms with E-state index in [2.05, 4.69) is 4.74 Å². The fourth-order valence-corrected chi connectivity index (χ4v) is 2.64. The van der Waals surface area contributed by atoms with Gasteiger partial charge in [0.05, 0.1) is 7.11 Å². The van der Waals surface area contributed by atoms with E-state index in [0.29, 0.717) is 29.7 Å². The quantitative estimate of drug-likeness (QED) is 0.448. The summed E-state index contributed by atoms with van der Waals surface area (Å²) < 4.78 is 10.4. The van der Waals surface area contributed by atoms with Gasteiger partial charge in [-0.25, -0.2) is 0 Å². The number of aryl methyl sites for hydroxylation is 1. The van der Waals surface area contributed by atoms with E-state index in [9.17, 15) is 9.59 Å². The molecule has 0 saturated heterocycles. The van der Waals surface area contributed by atoms with E-state index in [-0.39, 0.29) is 11.8 Å². The summed E-state index contributed by atoms with van der Waals surface area (Å²) in [5.74, 6) is 1.13. The molecule has 27 heavy (non-hydrogen) atoms. The number of hydrogen-bond acceptors (Lipinski definition) is 4. The minimum absolute atomic E-state index is 0.0548. The molecular weight excluding hydrogens is 340 g/mol. The highest BCUT2D eigenvalue weighted by Crippen LogP contribution is 2.22. The van der Waals surface area contributed by atoms with Crippen LogP contribution in [0.2, 0.25) is 0 Å². The smallest absolute Gasteiger partial charge is 0.305 e. The Morgan fingerprint density at radius 1 is 0.741 bits per heavy atom. The van der Waals surface area contributed by atoms with Crippen LogP contribution in [0.5, 0.6) is 11.5 Å². The van der Waals surface area contributed by atoms with E-state index in [1.54, 1.807) is 36.4 Å². The van der Waals surface area contributed by atoms with E-state index in [0.717, 1.165) is 11.3 Å². The van der Waals surface area contributed by atoms with E-state index < -0.39 is 0 Å². The highest BCUT2D eigenvalue weighted by molar-refractivity contribution is 6.09. The molecule has 0 saturated carbocycles. The maximum absolute atomic E-state index is 12.6. The van der Waals surface area contributed by atoms with Gasteiger partial charge < -0.3 is 9.47 Å². The average molecular weight is 360 g/mol. The third kappa shape index (κ3) is 5.05. The number of benzene rings is 3. The molecule has 0 atom stereocenters. The molecule has 3 aromatic rings. The molecule has 4 heteroatoms. The number of methoxy groups -OCH3 is 1. The molecule has 3 aromatic carbocycles. The summed E-state index contributed by atoms with van der Waals surface area (Å²) in [7, 11) is 1.38. The van der Waals surface area contributed by atoms with Gasteiger partial charge in [0.2, 0.25) is 0 Å². The van der Waals surface area contributed by atoms with Gasteiger partial charge in [-0.1, -0.05) is 42.5 Å². The molecule has 0 N–H and O–H groups in total. The maximum atomic E-state index is 12.6. The molecule has 0 unspecified atom stereocenters. The van der Waals surface area contributed by atoms with Crippen molar-refractivity contribution in [2.45, 2.75) is 12.8 Å². The maximum Gasteiger partial charge on any atom is 0.305 e. The normalized spacial score (nSPS) is 10.3. The van der Waals surface area contributed by atoms with Crippen molar-refractivity contribution in [2.75, 3.05) is 7.11 Å². The summed E-state index contributed by atoms with van der Waals surface area (Å²) in [6.07, 6.45) is 0.916. The second-order valence-corrected chi connectivity index (χ2v) is 6.04.